The van der Waals surface area contributed by atoms with E-state index in [-0.39, 0.29) is 11.6 Å². The minimum absolute atomic E-state index is 0.222. The number of thioether (sulfide) groups is 1. The first-order chi connectivity index (χ1) is 15.5. The van der Waals surface area contributed by atoms with Crippen molar-refractivity contribution in [2.45, 2.75) is 27.8 Å². The van der Waals surface area contributed by atoms with E-state index in [9.17, 15) is 38.1 Å². The Morgan fingerprint density at radius 2 is 2.09 bits per heavy atom. The van der Waals surface area contributed by atoms with Gasteiger partial charge in [-0.15, -0.1) is 0 Å². The third-order valence-corrected chi connectivity index (χ3v) is 7.62. The molecular weight excluding hydrogens is 521 g/mol. The molecule has 0 aliphatic rings. The lowest BCUT2D eigenvalue weighted by atomic mass is 10.2. The molecule has 0 saturated carbocycles. The highest BCUT2D eigenvalue weighted by Crippen LogP contribution is 2.37. The van der Waals surface area contributed by atoms with Crippen LogP contribution < -0.4 is 4.72 Å². The number of hydrogen-bond acceptors (Lipinski definition) is 11. The fourth-order valence-corrected chi connectivity index (χ4v) is 5.47. The Morgan fingerprint density at radius 1 is 1.42 bits per heavy atom. The Morgan fingerprint density at radius 3 is 2.64 bits per heavy atom. The Hall–Kier alpha value is -2.51. The molecule has 2 atom stereocenters. The van der Waals surface area contributed by atoms with Gasteiger partial charge < -0.3 is 5.11 Å². The number of nitriles is 1. The number of hydrogen-bond donors (Lipinski definition) is 2. The number of nitrogens with zero attached hydrogens (tertiary/aromatic N) is 4. The van der Waals surface area contributed by atoms with Crippen molar-refractivity contribution >= 4 is 56.8 Å². The first-order valence-corrected chi connectivity index (χ1v) is 12.9. The third kappa shape index (κ3) is 6.30. The van der Waals surface area contributed by atoms with Gasteiger partial charge in [0.25, 0.3) is 0 Å². The molecule has 16 heteroatoms. The quantitative estimate of drug-likeness (QED) is 0.141. The van der Waals surface area contributed by atoms with Crippen LogP contribution in [-0.4, -0.2) is 52.4 Å². The van der Waals surface area contributed by atoms with Crippen LogP contribution in [0.3, 0.4) is 0 Å². The molecule has 0 amide bonds. The molecule has 0 aliphatic carbocycles. The van der Waals surface area contributed by atoms with Crippen LogP contribution in [0.1, 0.15) is 17.4 Å². The standard InChI is InChI=1S/C17H15ClFN5O6S3/c1-31-7-6-10(16(25)26)23-32-17-21-13(14(24(27)28)15(18)22-17)12(8-20)33(29,30)11-5-3-2-4-9(11)19/h2-5,10,12,23H,6-7H2,1H3,(H,25,26)/t10-,12?/m0/s1. The molecular formula is C17H15ClFN5O6S3. The van der Waals surface area contributed by atoms with Crippen molar-refractivity contribution in [1.29, 1.82) is 5.26 Å². The van der Waals surface area contributed by atoms with Crippen LogP contribution in [0.4, 0.5) is 10.1 Å². The van der Waals surface area contributed by atoms with E-state index in [2.05, 4.69) is 14.7 Å². The van der Waals surface area contributed by atoms with E-state index < -0.39 is 59.3 Å². The van der Waals surface area contributed by atoms with Gasteiger partial charge >= 0.3 is 11.7 Å². The second-order valence-corrected chi connectivity index (χ2v) is 10.3. The van der Waals surface area contributed by atoms with Crippen LogP contribution >= 0.6 is 35.3 Å². The zero-order valence-corrected chi connectivity index (χ0v) is 19.8. The number of aliphatic carboxylic acids is 1. The van der Waals surface area contributed by atoms with Gasteiger partial charge in [-0.1, -0.05) is 23.7 Å². The Kier molecular flexibility index (Phi) is 9.37. The van der Waals surface area contributed by atoms with Gasteiger partial charge in [-0.05, 0) is 42.5 Å². The number of aromatic nitrogens is 2. The molecule has 2 rings (SSSR count). The number of benzene rings is 1. The second kappa shape index (κ2) is 11.6. The average molecular weight is 536 g/mol. The van der Waals surface area contributed by atoms with Crippen LogP contribution in [0.5, 0.6) is 0 Å². The molecule has 1 unspecified atom stereocenters. The van der Waals surface area contributed by atoms with Crippen molar-refractivity contribution in [3.8, 4) is 6.07 Å². The number of carboxylic acid groups (broad SMARTS) is 1. The summed E-state index contributed by atoms with van der Waals surface area (Å²) in [6.45, 7) is 0. The number of carboxylic acids is 1. The van der Waals surface area contributed by atoms with Gasteiger partial charge in [0.1, 0.15) is 16.8 Å². The van der Waals surface area contributed by atoms with Gasteiger partial charge in [0.05, 0.1) is 11.0 Å². The van der Waals surface area contributed by atoms with Crippen molar-refractivity contribution in [2.75, 3.05) is 12.0 Å². The van der Waals surface area contributed by atoms with E-state index in [1.165, 1.54) is 30.0 Å². The molecule has 0 spiro atoms. The van der Waals surface area contributed by atoms with E-state index in [1.54, 1.807) is 6.26 Å². The van der Waals surface area contributed by atoms with E-state index in [4.69, 9.17) is 11.6 Å². The highest BCUT2D eigenvalue weighted by molar-refractivity contribution is 7.98. The fourth-order valence-electron chi connectivity index (χ4n) is 2.49. The summed E-state index contributed by atoms with van der Waals surface area (Å²) in [5, 5.41) is 27.0. The topological polar surface area (TPSA) is 176 Å². The third-order valence-electron chi connectivity index (χ3n) is 4.05. The maximum absolute atomic E-state index is 14.1. The smallest absolute Gasteiger partial charge is 0.330 e. The SMILES string of the molecule is CSCC[C@H](NSc1nc(Cl)c([N+](=O)[O-])c(C(C#N)S(=O)(=O)c2ccccc2F)n1)C(=O)O. The molecule has 0 saturated heterocycles. The maximum Gasteiger partial charge on any atom is 0.330 e. The summed E-state index contributed by atoms with van der Waals surface area (Å²) >= 11 is 7.85. The van der Waals surface area contributed by atoms with Gasteiger partial charge in [0.2, 0.25) is 25.4 Å². The number of carbonyl (C=O) groups is 1. The highest BCUT2D eigenvalue weighted by Gasteiger charge is 2.40. The summed E-state index contributed by atoms with van der Waals surface area (Å²) in [6, 6.07) is 4.58. The molecule has 11 nitrogen and oxygen atoms in total. The molecule has 1 heterocycles. The van der Waals surface area contributed by atoms with Gasteiger partial charge in [0, 0.05) is 0 Å². The van der Waals surface area contributed by atoms with Crippen LogP contribution in [0.15, 0.2) is 34.3 Å². The molecule has 1 aromatic heterocycles. The lowest BCUT2D eigenvalue weighted by molar-refractivity contribution is -0.386. The van der Waals surface area contributed by atoms with Crippen molar-refractivity contribution in [1.82, 2.24) is 14.7 Å². The first kappa shape index (κ1) is 26.7. The van der Waals surface area contributed by atoms with Gasteiger partial charge in [-0.3, -0.25) is 14.9 Å². The molecule has 2 aromatic rings. The van der Waals surface area contributed by atoms with E-state index in [0.29, 0.717) is 17.7 Å². The molecule has 2 N–H and O–H groups in total. The minimum atomic E-state index is -4.80. The average Bonchev–Trinajstić information content (AvgIpc) is 2.73. The maximum atomic E-state index is 14.1. The van der Waals surface area contributed by atoms with Crippen LogP contribution in [0, 0.1) is 27.3 Å². The van der Waals surface area contributed by atoms with Crippen molar-refractivity contribution in [3.63, 3.8) is 0 Å². The number of nitro groups is 1. The van der Waals surface area contributed by atoms with Gasteiger partial charge in [-0.2, -0.15) is 17.0 Å². The molecule has 33 heavy (non-hydrogen) atoms. The van der Waals surface area contributed by atoms with Crippen LogP contribution in [0.25, 0.3) is 0 Å². The largest absolute Gasteiger partial charge is 0.480 e. The molecule has 0 aliphatic heterocycles. The van der Waals surface area contributed by atoms with Crippen molar-refractivity contribution < 1.29 is 27.6 Å². The molecule has 176 valence electrons. The predicted molar refractivity (Wildman–Crippen MR) is 119 cm³/mol. The zero-order valence-electron chi connectivity index (χ0n) is 16.6. The fraction of sp³-hybridized carbons (Fsp3) is 0.294. The molecule has 1 aromatic carbocycles. The van der Waals surface area contributed by atoms with E-state index in [1.807, 2.05) is 0 Å². The van der Waals surface area contributed by atoms with Crippen molar-refractivity contribution in [2.24, 2.45) is 0 Å². The monoisotopic (exact) mass is 535 g/mol. The first-order valence-electron chi connectivity index (χ1n) is 8.78. The number of rotatable bonds is 11. The number of sulfone groups is 1. The number of nitrogens with one attached hydrogen (secondary N) is 1. The minimum Gasteiger partial charge on any atom is -0.480 e. The van der Waals surface area contributed by atoms with E-state index in [0.717, 1.165) is 12.1 Å². The summed E-state index contributed by atoms with van der Waals surface area (Å²) < 4.78 is 42.6. The lowest BCUT2D eigenvalue weighted by Crippen LogP contribution is -2.33. The summed E-state index contributed by atoms with van der Waals surface area (Å²) in [4.78, 5) is 28.5. The summed E-state index contributed by atoms with van der Waals surface area (Å²) in [6.07, 6.45) is 2.01. The van der Waals surface area contributed by atoms with E-state index >= 15 is 0 Å². The normalized spacial score (nSPS) is 13.2. The van der Waals surface area contributed by atoms with Gasteiger partial charge in [-0.25, -0.2) is 27.5 Å². The lowest BCUT2D eigenvalue weighted by Gasteiger charge is -2.14. The Bertz CT molecular complexity index is 1210. The van der Waals surface area contributed by atoms with Crippen LogP contribution in [-0.2, 0) is 14.6 Å². The summed E-state index contributed by atoms with van der Waals surface area (Å²) in [7, 11) is -4.80. The van der Waals surface area contributed by atoms with Crippen LogP contribution in [0.2, 0.25) is 5.15 Å². The second-order valence-electron chi connectivity index (χ2n) is 6.16. The molecule has 0 fully saturated rings. The summed E-state index contributed by atoms with van der Waals surface area (Å²) in [5.74, 6) is -1.83. The number of halogens is 2. The zero-order chi connectivity index (χ0) is 24.8. The van der Waals surface area contributed by atoms with Gasteiger partial charge in [0.15, 0.2) is 5.69 Å². The Balaban J connectivity index is 2.55. The Labute approximate surface area is 201 Å². The summed E-state index contributed by atoms with van der Waals surface area (Å²) in [5.41, 5.74) is -1.91. The highest BCUT2D eigenvalue weighted by atomic mass is 35.5. The molecule has 0 radical (unpaired) electrons. The predicted octanol–water partition coefficient (Wildman–Crippen LogP) is 3.02. The van der Waals surface area contributed by atoms with Crippen molar-refractivity contribution in [3.05, 3.63) is 51.0 Å². The molecule has 0 bridgehead atoms.